The zero-order valence-corrected chi connectivity index (χ0v) is 11.0. The molecule has 0 aromatic rings. The van der Waals surface area contributed by atoms with Crippen molar-refractivity contribution >= 4 is 11.9 Å². The maximum absolute atomic E-state index is 12.1. The van der Waals surface area contributed by atoms with Crippen molar-refractivity contribution < 1.29 is 19.1 Å². The molecule has 1 aliphatic rings. The molecule has 1 unspecified atom stereocenters. The summed E-state index contributed by atoms with van der Waals surface area (Å²) in [6, 6.07) is 0. The molecule has 0 aliphatic heterocycles. The SMILES string of the molecule is C=CCC(C(=O)OC)(C(=O)OC)C1CCCC1=C. The van der Waals surface area contributed by atoms with Crippen LogP contribution in [-0.2, 0) is 19.1 Å². The summed E-state index contributed by atoms with van der Waals surface area (Å²) in [5, 5.41) is 0. The lowest BCUT2D eigenvalue weighted by Crippen LogP contribution is -2.46. The van der Waals surface area contributed by atoms with Crippen LogP contribution >= 0.6 is 0 Å². The minimum Gasteiger partial charge on any atom is -0.468 e. The number of allylic oxidation sites excluding steroid dienone is 2. The van der Waals surface area contributed by atoms with Gasteiger partial charge in [-0.05, 0) is 25.7 Å². The Kier molecular flexibility index (Phi) is 4.70. The fourth-order valence-electron chi connectivity index (χ4n) is 2.78. The van der Waals surface area contributed by atoms with Crippen molar-refractivity contribution in [3.8, 4) is 0 Å². The fraction of sp³-hybridized carbons (Fsp3) is 0.571. The number of carbonyl (C=O) groups excluding carboxylic acids is 2. The Bertz CT molecular complexity index is 354. The molecule has 0 aromatic heterocycles. The minimum atomic E-state index is -1.32. The van der Waals surface area contributed by atoms with Crippen LogP contribution in [0.1, 0.15) is 25.7 Å². The van der Waals surface area contributed by atoms with Crippen LogP contribution in [0.5, 0.6) is 0 Å². The van der Waals surface area contributed by atoms with E-state index in [1.54, 1.807) is 6.08 Å². The average molecular weight is 252 g/mol. The molecule has 0 N–H and O–H groups in total. The van der Waals surface area contributed by atoms with Gasteiger partial charge in [0.15, 0.2) is 5.41 Å². The smallest absolute Gasteiger partial charge is 0.324 e. The number of esters is 2. The number of hydrogen-bond acceptors (Lipinski definition) is 4. The Hall–Kier alpha value is -1.58. The zero-order chi connectivity index (χ0) is 13.8. The van der Waals surface area contributed by atoms with E-state index in [0.717, 1.165) is 24.8 Å². The number of ether oxygens (including phenoxy) is 2. The second kappa shape index (κ2) is 5.85. The highest BCUT2D eigenvalue weighted by Crippen LogP contribution is 2.46. The standard InChI is InChI=1S/C14H20O4/c1-5-9-14(12(15)17-3,13(16)18-4)11-8-6-7-10(11)2/h5,11H,1-2,6-9H2,3-4H3. The summed E-state index contributed by atoms with van der Waals surface area (Å²) in [6.07, 6.45) is 4.26. The van der Waals surface area contributed by atoms with Gasteiger partial charge in [0.25, 0.3) is 0 Å². The first-order chi connectivity index (χ1) is 8.54. The Balaban J connectivity index is 3.27. The summed E-state index contributed by atoms with van der Waals surface area (Å²) < 4.78 is 9.65. The molecule has 100 valence electrons. The molecule has 0 bridgehead atoms. The maximum atomic E-state index is 12.1. The van der Waals surface area contributed by atoms with Crippen molar-refractivity contribution in [1.82, 2.24) is 0 Å². The van der Waals surface area contributed by atoms with Gasteiger partial charge in [-0.1, -0.05) is 18.2 Å². The second-order valence-electron chi connectivity index (χ2n) is 4.55. The van der Waals surface area contributed by atoms with Crippen molar-refractivity contribution in [3.63, 3.8) is 0 Å². The number of rotatable bonds is 5. The molecule has 1 fully saturated rings. The first-order valence-electron chi connectivity index (χ1n) is 6.00. The third-order valence-electron chi connectivity index (χ3n) is 3.64. The summed E-state index contributed by atoms with van der Waals surface area (Å²) in [7, 11) is 2.56. The molecule has 0 spiro atoms. The molecule has 1 atom stereocenters. The summed E-state index contributed by atoms with van der Waals surface area (Å²) in [5.74, 6) is -1.36. The lowest BCUT2D eigenvalue weighted by molar-refractivity contribution is -0.172. The van der Waals surface area contributed by atoms with Crippen LogP contribution in [0.3, 0.4) is 0 Å². The van der Waals surface area contributed by atoms with Crippen LogP contribution in [0.25, 0.3) is 0 Å². The molecular weight excluding hydrogens is 232 g/mol. The first-order valence-corrected chi connectivity index (χ1v) is 6.00. The molecule has 4 heteroatoms. The van der Waals surface area contributed by atoms with Gasteiger partial charge in [-0.15, -0.1) is 6.58 Å². The molecule has 0 aromatic carbocycles. The van der Waals surface area contributed by atoms with Crippen molar-refractivity contribution in [3.05, 3.63) is 24.8 Å². The van der Waals surface area contributed by atoms with E-state index < -0.39 is 17.4 Å². The van der Waals surface area contributed by atoms with E-state index in [0.29, 0.717) is 0 Å². The van der Waals surface area contributed by atoms with Gasteiger partial charge in [-0.3, -0.25) is 9.59 Å². The van der Waals surface area contributed by atoms with E-state index in [1.165, 1.54) is 14.2 Å². The van der Waals surface area contributed by atoms with E-state index in [4.69, 9.17) is 9.47 Å². The van der Waals surface area contributed by atoms with Gasteiger partial charge < -0.3 is 9.47 Å². The third-order valence-corrected chi connectivity index (χ3v) is 3.64. The van der Waals surface area contributed by atoms with Crippen LogP contribution in [0.15, 0.2) is 24.8 Å². The van der Waals surface area contributed by atoms with Crippen molar-refractivity contribution in [2.24, 2.45) is 11.3 Å². The molecule has 1 saturated carbocycles. The fourth-order valence-corrected chi connectivity index (χ4v) is 2.78. The van der Waals surface area contributed by atoms with Crippen LogP contribution in [-0.4, -0.2) is 26.2 Å². The summed E-state index contributed by atoms with van der Waals surface area (Å²) in [6.45, 7) is 7.60. The molecular formula is C14H20O4. The topological polar surface area (TPSA) is 52.6 Å². The molecule has 0 radical (unpaired) electrons. The molecule has 0 saturated heterocycles. The van der Waals surface area contributed by atoms with Gasteiger partial charge in [0, 0.05) is 5.92 Å². The van der Waals surface area contributed by atoms with Crippen LogP contribution in [0, 0.1) is 11.3 Å². The Morgan fingerprint density at radius 2 is 1.94 bits per heavy atom. The van der Waals surface area contributed by atoms with Gasteiger partial charge in [0.1, 0.15) is 0 Å². The van der Waals surface area contributed by atoms with Crippen molar-refractivity contribution in [2.45, 2.75) is 25.7 Å². The van der Waals surface area contributed by atoms with Gasteiger partial charge in [-0.25, -0.2) is 0 Å². The maximum Gasteiger partial charge on any atom is 0.324 e. The van der Waals surface area contributed by atoms with Crippen LogP contribution < -0.4 is 0 Å². The zero-order valence-electron chi connectivity index (χ0n) is 11.0. The number of methoxy groups -OCH3 is 2. The largest absolute Gasteiger partial charge is 0.468 e. The molecule has 18 heavy (non-hydrogen) atoms. The molecule has 0 amide bonds. The predicted octanol–water partition coefficient (Wildman–Crippen LogP) is 2.25. The lowest BCUT2D eigenvalue weighted by Gasteiger charge is -2.33. The second-order valence-corrected chi connectivity index (χ2v) is 4.55. The molecule has 0 heterocycles. The predicted molar refractivity (Wildman–Crippen MR) is 67.8 cm³/mol. The average Bonchev–Trinajstić information content (AvgIpc) is 2.80. The Morgan fingerprint density at radius 3 is 2.28 bits per heavy atom. The van der Waals surface area contributed by atoms with E-state index in [-0.39, 0.29) is 12.3 Å². The van der Waals surface area contributed by atoms with Crippen molar-refractivity contribution in [2.75, 3.05) is 14.2 Å². The van der Waals surface area contributed by atoms with Crippen molar-refractivity contribution in [1.29, 1.82) is 0 Å². The van der Waals surface area contributed by atoms with Gasteiger partial charge in [0.2, 0.25) is 0 Å². The highest BCUT2D eigenvalue weighted by Gasteiger charge is 2.55. The normalized spacial score (nSPS) is 19.4. The molecule has 1 aliphatic carbocycles. The minimum absolute atomic E-state index is 0.204. The summed E-state index contributed by atoms with van der Waals surface area (Å²) in [4.78, 5) is 24.3. The highest BCUT2D eigenvalue weighted by atomic mass is 16.5. The van der Waals surface area contributed by atoms with E-state index >= 15 is 0 Å². The van der Waals surface area contributed by atoms with Crippen LogP contribution in [0.2, 0.25) is 0 Å². The quantitative estimate of drug-likeness (QED) is 0.428. The highest BCUT2D eigenvalue weighted by molar-refractivity contribution is 6.01. The lowest BCUT2D eigenvalue weighted by atomic mass is 9.70. The molecule has 4 nitrogen and oxygen atoms in total. The Morgan fingerprint density at radius 1 is 1.39 bits per heavy atom. The number of carbonyl (C=O) groups is 2. The van der Waals surface area contributed by atoms with E-state index in [1.807, 2.05) is 0 Å². The number of hydrogen-bond donors (Lipinski definition) is 0. The summed E-state index contributed by atoms with van der Waals surface area (Å²) >= 11 is 0. The van der Waals surface area contributed by atoms with Gasteiger partial charge >= 0.3 is 11.9 Å². The van der Waals surface area contributed by atoms with Crippen LogP contribution in [0.4, 0.5) is 0 Å². The third kappa shape index (κ3) is 2.19. The van der Waals surface area contributed by atoms with E-state index in [2.05, 4.69) is 13.2 Å². The van der Waals surface area contributed by atoms with Gasteiger partial charge in [-0.2, -0.15) is 0 Å². The van der Waals surface area contributed by atoms with E-state index in [9.17, 15) is 9.59 Å². The summed E-state index contributed by atoms with van der Waals surface area (Å²) in [5.41, 5.74) is -0.411. The first kappa shape index (κ1) is 14.5. The monoisotopic (exact) mass is 252 g/mol. The molecule has 1 rings (SSSR count). The van der Waals surface area contributed by atoms with Gasteiger partial charge in [0.05, 0.1) is 14.2 Å². The Labute approximate surface area is 108 Å².